The molecule has 1 fully saturated rings. The van der Waals surface area contributed by atoms with Crippen molar-refractivity contribution in [3.63, 3.8) is 0 Å². The molecule has 0 aromatic heterocycles. The molecule has 6 heteroatoms. The topological polar surface area (TPSA) is 64.3 Å². The average Bonchev–Trinajstić information content (AvgIpc) is 3.30. The second-order valence-electron chi connectivity index (χ2n) is 5.91. The number of nitrogens with two attached hydrogens (primary N) is 1. The van der Waals surface area contributed by atoms with Crippen molar-refractivity contribution in [3.05, 3.63) is 29.6 Å². The van der Waals surface area contributed by atoms with Crippen LogP contribution in [0.3, 0.4) is 0 Å². The summed E-state index contributed by atoms with van der Waals surface area (Å²) >= 11 is 0. The molecule has 0 spiro atoms. The van der Waals surface area contributed by atoms with Crippen molar-refractivity contribution in [1.29, 1.82) is 0 Å². The molecule has 1 unspecified atom stereocenters. The van der Waals surface area contributed by atoms with Crippen LogP contribution >= 0.6 is 12.4 Å². The number of nitrogens with one attached hydrogen (secondary N) is 1. The Kier molecular flexibility index (Phi) is 6.63. The quantitative estimate of drug-likeness (QED) is 0.807. The van der Waals surface area contributed by atoms with Crippen molar-refractivity contribution in [2.45, 2.75) is 38.1 Å². The predicted octanol–water partition coefficient (Wildman–Crippen LogP) is 2.43. The molecule has 0 saturated heterocycles. The highest BCUT2D eigenvalue weighted by atomic mass is 35.5. The first-order valence-electron chi connectivity index (χ1n) is 7.32. The van der Waals surface area contributed by atoms with Gasteiger partial charge in [0.05, 0.1) is 12.6 Å². The van der Waals surface area contributed by atoms with E-state index in [9.17, 15) is 9.18 Å². The zero-order valence-corrected chi connectivity index (χ0v) is 13.8. The number of carbonyl (C=O) groups excluding carboxylic acids is 1. The molecule has 1 saturated carbocycles. The monoisotopic (exact) mass is 330 g/mol. The third-order valence-corrected chi connectivity index (χ3v) is 4.18. The molecule has 1 atom stereocenters. The van der Waals surface area contributed by atoms with Crippen molar-refractivity contribution in [1.82, 2.24) is 5.32 Å². The molecule has 1 aliphatic rings. The standard InChI is InChI=1S/C16H23FN2O2.ClH/c1-16(10-18,12-5-6-12)19-15(20)8-4-11-3-7-14(21-2)13(17)9-11;/h3,7,9,12H,4-6,8,10,18H2,1-2H3,(H,19,20);1H. The summed E-state index contributed by atoms with van der Waals surface area (Å²) in [6.45, 7) is 2.44. The Morgan fingerprint density at radius 1 is 1.50 bits per heavy atom. The summed E-state index contributed by atoms with van der Waals surface area (Å²) in [5.74, 6) is 0.267. The van der Waals surface area contributed by atoms with Gasteiger partial charge in [0.25, 0.3) is 0 Å². The zero-order valence-electron chi connectivity index (χ0n) is 13.0. The highest BCUT2D eigenvalue weighted by Crippen LogP contribution is 2.39. The smallest absolute Gasteiger partial charge is 0.220 e. The Morgan fingerprint density at radius 2 is 2.18 bits per heavy atom. The van der Waals surface area contributed by atoms with Gasteiger partial charge in [0.1, 0.15) is 0 Å². The summed E-state index contributed by atoms with van der Waals surface area (Å²) in [6.07, 6.45) is 3.07. The molecule has 0 heterocycles. The summed E-state index contributed by atoms with van der Waals surface area (Å²) < 4.78 is 18.4. The average molecular weight is 331 g/mol. The van der Waals surface area contributed by atoms with Crippen LogP contribution in [0, 0.1) is 11.7 Å². The van der Waals surface area contributed by atoms with Crippen LogP contribution in [-0.2, 0) is 11.2 Å². The number of carbonyl (C=O) groups is 1. The van der Waals surface area contributed by atoms with Gasteiger partial charge in [-0.05, 0) is 49.8 Å². The van der Waals surface area contributed by atoms with Gasteiger partial charge < -0.3 is 15.8 Å². The number of ether oxygens (including phenoxy) is 1. The number of benzene rings is 1. The van der Waals surface area contributed by atoms with Gasteiger partial charge >= 0.3 is 0 Å². The van der Waals surface area contributed by atoms with E-state index in [1.54, 1.807) is 12.1 Å². The van der Waals surface area contributed by atoms with E-state index < -0.39 is 5.82 Å². The van der Waals surface area contributed by atoms with Crippen molar-refractivity contribution in [2.24, 2.45) is 11.7 Å². The Bertz CT molecular complexity index is 523. The second-order valence-corrected chi connectivity index (χ2v) is 5.91. The predicted molar refractivity (Wildman–Crippen MR) is 86.8 cm³/mol. The molecule has 124 valence electrons. The summed E-state index contributed by atoms with van der Waals surface area (Å²) in [5, 5.41) is 3.03. The lowest BCUT2D eigenvalue weighted by Crippen LogP contribution is -2.53. The van der Waals surface area contributed by atoms with Crippen LogP contribution in [0.4, 0.5) is 4.39 Å². The fourth-order valence-electron chi connectivity index (χ4n) is 2.54. The van der Waals surface area contributed by atoms with E-state index >= 15 is 0 Å². The van der Waals surface area contributed by atoms with Gasteiger partial charge in [-0.25, -0.2) is 4.39 Å². The zero-order chi connectivity index (χ0) is 15.5. The normalized spacial score (nSPS) is 16.4. The minimum absolute atomic E-state index is 0. The lowest BCUT2D eigenvalue weighted by Gasteiger charge is -2.29. The van der Waals surface area contributed by atoms with Crippen LogP contribution in [0.25, 0.3) is 0 Å². The Hall–Kier alpha value is -1.33. The van der Waals surface area contributed by atoms with Gasteiger partial charge in [-0.1, -0.05) is 6.07 Å². The Balaban J connectivity index is 0.00000242. The fourth-order valence-corrected chi connectivity index (χ4v) is 2.54. The van der Waals surface area contributed by atoms with Gasteiger partial charge in [-0.2, -0.15) is 0 Å². The van der Waals surface area contributed by atoms with Crippen LogP contribution in [0.15, 0.2) is 18.2 Å². The van der Waals surface area contributed by atoms with E-state index in [1.165, 1.54) is 13.2 Å². The van der Waals surface area contributed by atoms with Gasteiger partial charge in [-0.15, -0.1) is 12.4 Å². The number of hydrogen-bond acceptors (Lipinski definition) is 3. The highest BCUT2D eigenvalue weighted by Gasteiger charge is 2.41. The minimum atomic E-state index is -0.403. The van der Waals surface area contributed by atoms with Crippen LogP contribution in [0.5, 0.6) is 5.75 Å². The van der Waals surface area contributed by atoms with E-state index in [0.29, 0.717) is 25.3 Å². The maximum absolute atomic E-state index is 13.6. The van der Waals surface area contributed by atoms with Crippen LogP contribution in [-0.4, -0.2) is 25.1 Å². The maximum atomic E-state index is 13.6. The first-order chi connectivity index (χ1) is 9.98. The molecular weight excluding hydrogens is 307 g/mol. The molecule has 1 aromatic carbocycles. The molecule has 3 N–H and O–H groups in total. The van der Waals surface area contributed by atoms with Crippen molar-refractivity contribution in [2.75, 3.05) is 13.7 Å². The SMILES string of the molecule is COc1ccc(CCC(=O)NC(C)(CN)C2CC2)cc1F.Cl. The molecule has 1 amide bonds. The molecule has 22 heavy (non-hydrogen) atoms. The van der Waals surface area contributed by atoms with Crippen molar-refractivity contribution >= 4 is 18.3 Å². The summed E-state index contributed by atoms with van der Waals surface area (Å²) in [4.78, 5) is 12.0. The summed E-state index contributed by atoms with van der Waals surface area (Å²) in [5.41, 5.74) is 6.26. The number of methoxy groups -OCH3 is 1. The van der Waals surface area contributed by atoms with Gasteiger partial charge in [0, 0.05) is 13.0 Å². The molecule has 1 aliphatic carbocycles. The largest absolute Gasteiger partial charge is 0.494 e. The minimum Gasteiger partial charge on any atom is -0.494 e. The number of halogens is 2. The Labute approximate surface area is 137 Å². The fraction of sp³-hybridized carbons (Fsp3) is 0.562. The van der Waals surface area contributed by atoms with E-state index in [-0.39, 0.29) is 29.6 Å². The van der Waals surface area contributed by atoms with Crippen LogP contribution < -0.4 is 15.8 Å². The van der Waals surface area contributed by atoms with Gasteiger partial charge in [0.2, 0.25) is 5.91 Å². The molecule has 2 rings (SSSR count). The summed E-state index contributed by atoms with van der Waals surface area (Å²) in [6, 6.07) is 4.77. The first kappa shape index (κ1) is 18.7. The molecular formula is C16H24ClFN2O2. The number of amides is 1. The van der Waals surface area contributed by atoms with Crippen LogP contribution in [0.2, 0.25) is 0 Å². The van der Waals surface area contributed by atoms with E-state index in [1.807, 2.05) is 6.92 Å². The van der Waals surface area contributed by atoms with Gasteiger partial charge in [0.15, 0.2) is 11.6 Å². The van der Waals surface area contributed by atoms with Crippen LogP contribution in [0.1, 0.15) is 31.7 Å². The van der Waals surface area contributed by atoms with Crippen molar-refractivity contribution < 1.29 is 13.9 Å². The lowest BCUT2D eigenvalue weighted by atomic mass is 9.95. The second kappa shape index (κ2) is 7.79. The number of hydrogen-bond donors (Lipinski definition) is 2. The highest BCUT2D eigenvalue weighted by molar-refractivity contribution is 5.85. The molecule has 0 radical (unpaired) electrons. The summed E-state index contributed by atoms with van der Waals surface area (Å²) in [7, 11) is 1.43. The molecule has 1 aromatic rings. The first-order valence-corrected chi connectivity index (χ1v) is 7.32. The maximum Gasteiger partial charge on any atom is 0.220 e. The van der Waals surface area contributed by atoms with E-state index in [0.717, 1.165) is 18.4 Å². The third kappa shape index (κ3) is 4.58. The molecule has 4 nitrogen and oxygen atoms in total. The number of aryl methyl sites for hydroxylation is 1. The van der Waals surface area contributed by atoms with Crippen molar-refractivity contribution in [3.8, 4) is 5.75 Å². The van der Waals surface area contributed by atoms with E-state index in [4.69, 9.17) is 10.5 Å². The molecule has 0 bridgehead atoms. The molecule has 0 aliphatic heterocycles. The van der Waals surface area contributed by atoms with E-state index in [2.05, 4.69) is 5.32 Å². The lowest BCUT2D eigenvalue weighted by molar-refractivity contribution is -0.123. The van der Waals surface area contributed by atoms with Gasteiger partial charge in [-0.3, -0.25) is 4.79 Å². The Morgan fingerprint density at radius 3 is 2.68 bits per heavy atom. The number of rotatable bonds is 7. The third-order valence-electron chi connectivity index (χ3n) is 4.18.